The number of rotatable bonds is 8. The molecule has 9 heteroatoms. The van der Waals surface area contributed by atoms with Crippen molar-refractivity contribution in [2.24, 2.45) is 7.05 Å². The van der Waals surface area contributed by atoms with Gasteiger partial charge in [0.25, 0.3) is 5.91 Å². The number of ether oxygens (including phenoxy) is 1. The molecule has 1 N–H and O–H groups in total. The number of methoxy groups -OCH3 is 1. The van der Waals surface area contributed by atoms with E-state index >= 15 is 0 Å². The van der Waals surface area contributed by atoms with Crippen molar-refractivity contribution in [3.63, 3.8) is 0 Å². The van der Waals surface area contributed by atoms with Crippen molar-refractivity contribution in [1.29, 1.82) is 0 Å². The molecule has 0 spiro atoms. The van der Waals surface area contributed by atoms with Gasteiger partial charge in [-0.15, -0.1) is 0 Å². The van der Waals surface area contributed by atoms with Gasteiger partial charge < -0.3 is 19.0 Å². The average Bonchev–Trinajstić information content (AvgIpc) is 3.32. The lowest BCUT2D eigenvalue weighted by molar-refractivity contribution is 0.0927. The first-order chi connectivity index (χ1) is 14.2. The second-order valence-electron chi connectivity index (χ2n) is 6.98. The van der Waals surface area contributed by atoms with Gasteiger partial charge in [-0.2, -0.15) is 4.31 Å². The third-order valence-corrected chi connectivity index (χ3v) is 7.09. The van der Waals surface area contributed by atoms with Crippen molar-refractivity contribution in [3.8, 4) is 5.75 Å². The molecule has 0 saturated carbocycles. The Morgan fingerprint density at radius 2 is 1.97 bits per heavy atom. The lowest BCUT2D eigenvalue weighted by Crippen LogP contribution is -2.30. The summed E-state index contributed by atoms with van der Waals surface area (Å²) in [5, 5.41) is 3.74. The number of carbonyl (C=O) groups excluding carboxylic acids is 1. The lowest BCUT2D eigenvalue weighted by atomic mass is 10.2. The van der Waals surface area contributed by atoms with Crippen molar-refractivity contribution in [2.75, 3.05) is 20.2 Å². The molecule has 3 rings (SSSR count). The third kappa shape index (κ3) is 3.95. The summed E-state index contributed by atoms with van der Waals surface area (Å²) in [5.74, 6) is 0.803. The van der Waals surface area contributed by atoms with E-state index in [4.69, 9.17) is 9.15 Å². The van der Waals surface area contributed by atoms with Gasteiger partial charge in [-0.1, -0.05) is 26.0 Å². The van der Waals surface area contributed by atoms with Crippen LogP contribution < -0.4 is 10.1 Å². The minimum absolute atomic E-state index is 0.0972. The molecule has 30 heavy (non-hydrogen) atoms. The molecule has 0 bridgehead atoms. The number of hydrogen-bond acceptors (Lipinski definition) is 5. The first-order valence-corrected chi connectivity index (χ1v) is 11.2. The van der Waals surface area contributed by atoms with E-state index in [1.807, 2.05) is 18.2 Å². The lowest BCUT2D eigenvalue weighted by Gasteiger charge is -2.17. The maximum absolute atomic E-state index is 12.8. The van der Waals surface area contributed by atoms with Crippen molar-refractivity contribution >= 4 is 26.9 Å². The summed E-state index contributed by atoms with van der Waals surface area (Å²) in [5.41, 5.74) is 0.865. The quantitative estimate of drug-likeness (QED) is 0.588. The zero-order chi connectivity index (χ0) is 22.1. The molecule has 0 aliphatic rings. The molecule has 0 saturated heterocycles. The number of nitrogens with one attached hydrogen (secondary N) is 1. The molecular formula is C21H27N3O5S. The fourth-order valence-electron chi connectivity index (χ4n) is 3.39. The number of para-hydroxylation sites is 1. The van der Waals surface area contributed by atoms with E-state index in [1.165, 1.54) is 21.1 Å². The van der Waals surface area contributed by atoms with Crippen LogP contribution in [0.2, 0.25) is 0 Å². The van der Waals surface area contributed by atoms with E-state index in [2.05, 4.69) is 5.32 Å². The highest BCUT2D eigenvalue weighted by Gasteiger charge is 2.26. The number of fused-ring (bicyclic) bond motifs is 1. The Labute approximate surface area is 176 Å². The van der Waals surface area contributed by atoms with Crippen molar-refractivity contribution in [3.05, 3.63) is 48.0 Å². The molecule has 3 aromatic rings. The van der Waals surface area contributed by atoms with E-state index in [-0.39, 0.29) is 10.6 Å². The molecule has 8 nitrogen and oxygen atoms in total. The van der Waals surface area contributed by atoms with Crippen LogP contribution in [0, 0.1) is 0 Å². The van der Waals surface area contributed by atoms with E-state index in [1.54, 1.807) is 41.0 Å². The molecule has 2 aromatic heterocycles. The zero-order valence-electron chi connectivity index (χ0n) is 17.8. The van der Waals surface area contributed by atoms with Crippen LogP contribution in [0.15, 0.2) is 45.8 Å². The zero-order valence-corrected chi connectivity index (χ0v) is 18.6. The van der Waals surface area contributed by atoms with Crippen molar-refractivity contribution < 1.29 is 22.4 Å². The van der Waals surface area contributed by atoms with Gasteiger partial charge in [0, 0.05) is 31.7 Å². The molecule has 1 unspecified atom stereocenters. The molecule has 162 valence electrons. The van der Waals surface area contributed by atoms with Gasteiger partial charge in [0.15, 0.2) is 11.3 Å². The van der Waals surface area contributed by atoms with Crippen LogP contribution in [-0.4, -0.2) is 43.4 Å². The van der Waals surface area contributed by atoms with Crippen molar-refractivity contribution in [2.45, 2.75) is 31.7 Å². The number of hydrogen-bond donors (Lipinski definition) is 1. The predicted octanol–water partition coefficient (Wildman–Crippen LogP) is 3.30. The van der Waals surface area contributed by atoms with E-state index in [0.717, 1.165) is 5.39 Å². The van der Waals surface area contributed by atoms with Crippen LogP contribution in [-0.2, 0) is 17.1 Å². The van der Waals surface area contributed by atoms with Gasteiger partial charge in [0.1, 0.15) is 16.3 Å². The van der Waals surface area contributed by atoms with Gasteiger partial charge in [-0.25, -0.2) is 8.42 Å². The topological polar surface area (TPSA) is 93.8 Å². The molecule has 2 heterocycles. The number of aryl methyl sites for hydroxylation is 1. The number of carbonyl (C=O) groups is 1. The Hall–Kier alpha value is -2.78. The summed E-state index contributed by atoms with van der Waals surface area (Å²) >= 11 is 0. The Morgan fingerprint density at radius 3 is 2.60 bits per heavy atom. The number of amides is 1. The monoisotopic (exact) mass is 433 g/mol. The van der Waals surface area contributed by atoms with Crippen LogP contribution in [0.1, 0.15) is 43.1 Å². The molecule has 1 atom stereocenters. The van der Waals surface area contributed by atoms with E-state index in [0.29, 0.717) is 30.2 Å². The second kappa shape index (κ2) is 8.53. The fourth-order valence-corrected chi connectivity index (χ4v) is 4.92. The predicted molar refractivity (Wildman–Crippen MR) is 114 cm³/mol. The maximum atomic E-state index is 12.8. The summed E-state index contributed by atoms with van der Waals surface area (Å²) in [6, 6.07) is 8.40. The molecule has 0 fully saturated rings. The standard InChI is InChI=1S/C21H27N3O5S/c1-6-24(7-2)30(26,27)16-12-17(23(4)13-16)21(25)22-14(3)19-11-15-9-8-10-18(28-5)20(15)29-19/h8-14H,6-7H2,1-5H3,(H,22,25). The number of furan rings is 1. The van der Waals surface area contributed by atoms with Gasteiger partial charge in [0.2, 0.25) is 10.0 Å². The minimum atomic E-state index is -3.64. The van der Waals surface area contributed by atoms with Crippen LogP contribution >= 0.6 is 0 Å². The largest absolute Gasteiger partial charge is 0.493 e. The third-order valence-electron chi connectivity index (χ3n) is 5.08. The van der Waals surface area contributed by atoms with Gasteiger partial charge in [-0.3, -0.25) is 4.79 Å². The molecule has 0 radical (unpaired) electrons. The average molecular weight is 434 g/mol. The summed E-state index contributed by atoms with van der Waals surface area (Å²) in [4.78, 5) is 12.9. The second-order valence-corrected chi connectivity index (χ2v) is 8.92. The number of sulfonamides is 1. The highest BCUT2D eigenvalue weighted by molar-refractivity contribution is 7.89. The molecular weight excluding hydrogens is 406 g/mol. The summed E-state index contributed by atoms with van der Waals surface area (Å²) in [6.07, 6.45) is 1.46. The molecule has 1 aromatic carbocycles. The van der Waals surface area contributed by atoms with Crippen LogP contribution in [0.3, 0.4) is 0 Å². The summed E-state index contributed by atoms with van der Waals surface area (Å²) in [7, 11) is -0.425. The van der Waals surface area contributed by atoms with Crippen LogP contribution in [0.5, 0.6) is 5.75 Å². The molecule has 0 aliphatic heterocycles. The number of benzene rings is 1. The van der Waals surface area contributed by atoms with Gasteiger partial charge in [0.05, 0.1) is 13.2 Å². The normalized spacial score (nSPS) is 13.0. The Morgan fingerprint density at radius 1 is 1.27 bits per heavy atom. The summed E-state index contributed by atoms with van der Waals surface area (Å²) < 4.78 is 39.6. The number of nitrogens with zero attached hydrogens (tertiary/aromatic N) is 2. The Bertz CT molecular complexity index is 1160. The van der Waals surface area contributed by atoms with Gasteiger partial charge >= 0.3 is 0 Å². The van der Waals surface area contributed by atoms with Crippen LogP contribution in [0.4, 0.5) is 0 Å². The smallest absolute Gasteiger partial charge is 0.268 e. The maximum Gasteiger partial charge on any atom is 0.268 e. The molecule has 0 aliphatic carbocycles. The first kappa shape index (κ1) is 21.9. The minimum Gasteiger partial charge on any atom is -0.493 e. The fraction of sp³-hybridized carbons (Fsp3) is 0.381. The van der Waals surface area contributed by atoms with E-state index in [9.17, 15) is 13.2 Å². The molecule has 1 amide bonds. The van der Waals surface area contributed by atoms with Crippen LogP contribution in [0.25, 0.3) is 11.0 Å². The first-order valence-electron chi connectivity index (χ1n) is 9.76. The highest BCUT2D eigenvalue weighted by Crippen LogP contribution is 2.31. The Kier molecular flexibility index (Phi) is 6.23. The van der Waals surface area contributed by atoms with Gasteiger partial charge in [-0.05, 0) is 25.1 Å². The Balaban J connectivity index is 1.84. The number of aromatic nitrogens is 1. The van der Waals surface area contributed by atoms with E-state index < -0.39 is 22.0 Å². The summed E-state index contributed by atoms with van der Waals surface area (Å²) in [6.45, 7) is 6.09. The highest BCUT2D eigenvalue weighted by atomic mass is 32.2. The SMILES string of the molecule is CCN(CC)S(=O)(=O)c1cc(C(=O)NC(C)c2cc3cccc(OC)c3o2)n(C)c1. The van der Waals surface area contributed by atoms with Crippen molar-refractivity contribution in [1.82, 2.24) is 14.2 Å².